The smallest absolute Gasteiger partial charge is 0.123 e. The summed E-state index contributed by atoms with van der Waals surface area (Å²) >= 11 is 6.49. The number of hydrogen-bond acceptors (Lipinski definition) is 1. The zero-order valence-corrected chi connectivity index (χ0v) is 13.6. The maximum atomic E-state index is 13.0. The van der Waals surface area contributed by atoms with E-state index in [0.29, 0.717) is 6.54 Å². The van der Waals surface area contributed by atoms with E-state index in [1.54, 1.807) is 12.1 Å². The van der Waals surface area contributed by atoms with E-state index in [-0.39, 0.29) is 11.2 Å². The Balaban J connectivity index is 2.39. The highest BCUT2D eigenvalue weighted by atomic mass is 35.5. The third kappa shape index (κ3) is 3.46. The van der Waals surface area contributed by atoms with Crippen molar-refractivity contribution in [1.29, 1.82) is 0 Å². The van der Waals surface area contributed by atoms with Crippen molar-refractivity contribution in [1.82, 2.24) is 9.78 Å². The van der Waals surface area contributed by atoms with Gasteiger partial charge in [0.2, 0.25) is 0 Å². The number of rotatable bonds is 6. The molecule has 1 unspecified atom stereocenters. The molecule has 0 N–H and O–H groups in total. The van der Waals surface area contributed by atoms with E-state index in [9.17, 15) is 4.39 Å². The van der Waals surface area contributed by atoms with E-state index in [1.807, 2.05) is 4.68 Å². The maximum absolute atomic E-state index is 13.0. The molecule has 0 spiro atoms. The van der Waals surface area contributed by atoms with Crippen molar-refractivity contribution in [2.24, 2.45) is 0 Å². The molecule has 0 saturated carbocycles. The van der Waals surface area contributed by atoms with Gasteiger partial charge < -0.3 is 0 Å². The van der Waals surface area contributed by atoms with Crippen LogP contribution in [0.1, 0.15) is 55.1 Å². The van der Waals surface area contributed by atoms with Crippen molar-refractivity contribution < 1.29 is 4.39 Å². The van der Waals surface area contributed by atoms with Gasteiger partial charge in [-0.25, -0.2) is 4.39 Å². The van der Waals surface area contributed by atoms with Crippen molar-refractivity contribution in [2.75, 3.05) is 0 Å². The monoisotopic (exact) mass is 308 g/mol. The highest BCUT2D eigenvalue weighted by molar-refractivity contribution is 6.21. The molecule has 1 aromatic heterocycles. The second kappa shape index (κ2) is 7.08. The molecule has 2 aromatic rings. The number of benzene rings is 1. The number of nitrogens with zero attached hydrogens (tertiary/aromatic N) is 2. The summed E-state index contributed by atoms with van der Waals surface area (Å²) in [5.74, 6) is -0.211. The average Bonchev–Trinajstić information content (AvgIpc) is 2.86. The zero-order chi connectivity index (χ0) is 15.4. The third-order valence-corrected chi connectivity index (χ3v) is 4.29. The summed E-state index contributed by atoms with van der Waals surface area (Å²) in [7, 11) is 0. The fourth-order valence-corrected chi connectivity index (χ4v) is 2.91. The summed E-state index contributed by atoms with van der Waals surface area (Å²) in [5.41, 5.74) is 4.51. The molecular weight excluding hydrogens is 287 g/mol. The maximum Gasteiger partial charge on any atom is 0.123 e. The van der Waals surface area contributed by atoms with Gasteiger partial charge >= 0.3 is 0 Å². The molecule has 1 atom stereocenters. The van der Waals surface area contributed by atoms with Gasteiger partial charge in [0.15, 0.2) is 0 Å². The summed E-state index contributed by atoms with van der Waals surface area (Å²) < 4.78 is 15.0. The van der Waals surface area contributed by atoms with Gasteiger partial charge in [0, 0.05) is 11.3 Å². The Labute approximate surface area is 130 Å². The van der Waals surface area contributed by atoms with E-state index in [4.69, 9.17) is 16.7 Å². The number of halogens is 2. The third-order valence-electron chi connectivity index (χ3n) is 3.76. The van der Waals surface area contributed by atoms with Crippen LogP contribution < -0.4 is 0 Å². The molecule has 2 rings (SSSR count). The molecule has 1 aromatic carbocycles. The molecule has 0 fully saturated rings. The molecule has 1 heterocycles. The Kier molecular flexibility index (Phi) is 5.40. The topological polar surface area (TPSA) is 17.8 Å². The number of aromatic nitrogens is 2. The molecule has 0 aliphatic carbocycles. The Hall–Kier alpha value is -1.35. The Bertz CT molecular complexity index is 590. The quantitative estimate of drug-likeness (QED) is 0.695. The summed E-state index contributed by atoms with van der Waals surface area (Å²) in [5, 5.41) is 4.74. The molecule has 114 valence electrons. The normalized spacial score (nSPS) is 12.6. The number of alkyl halides is 1. The van der Waals surface area contributed by atoms with Crippen LogP contribution in [-0.2, 0) is 19.4 Å². The predicted molar refractivity (Wildman–Crippen MR) is 85.4 cm³/mol. The molecule has 2 nitrogen and oxygen atoms in total. The van der Waals surface area contributed by atoms with Gasteiger partial charge in [-0.15, -0.1) is 11.6 Å². The first-order valence-corrected chi connectivity index (χ1v) is 8.01. The average molecular weight is 309 g/mol. The summed E-state index contributed by atoms with van der Waals surface area (Å²) in [6, 6.07) is 6.59. The lowest BCUT2D eigenvalue weighted by molar-refractivity contribution is 0.619. The molecular formula is C17H22ClFN2. The minimum absolute atomic E-state index is 0.0110. The molecule has 4 heteroatoms. The second-order valence-electron chi connectivity index (χ2n) is 5.17. The van der Waals surface area contributed by atoms with Gasteiger partial charge in [0.25, 0.3) is 0 Å². The Morgan fingerprint density at radius 3 is 2.33 bits per heavy atom. The highest BCUT2D eigenvalue weighted by Crippen LogP contribution is 2.31. The lowest BCUT2D eigenvalue weighted by Crippen LogP contribution is -2.07. The standard InChI is InChI=1S/C17H22ClFN2/c1-4-14(18)17-15(5-2)20-21(16(17)6-3)11-12-7-9-13(19)10-8-12/h7-10,14H,4-6,11H2,1-3H3. The van der Waals surface area contributed by atoms with E-state index in [1.165, 1.54) is 23.4 Å². The van der Waals surface area contributed by atoms with Crippen molar-refractivity contribution in [2.45, 2.75) is 52.0 Å². The van der Waals surface area contributed by atoms with Gasteiger partial charge in [-0.3, -0.25) is 4.68 Å². The SMILES string of the molecule is CCc1nn(Cc2ccc(F)cc2)c(CC)c1C(Cl)CC. The van der Waals surface area contributed by atoms with Crippen LogP contribution in [0.3, 0.4) is 0 Å². The van der Waals surface area contributed by atoms with Crippen LogP contribution in [0.4, 0.5) is 4.39 Å². The van der Waals surface area contributed by atoms with Gasteiger partial charge in [-0.1, -0.05) is 32.9 Å². The molecule has 0 amide bonds. The van der Waals surface area contributed by atoms with E-state index < -0.39 is 0 Å². The van der Waals surface area contributed by atoms with Crippen molar-refractivity contribution in [3.05, 3.63) is 52.6 Å². The van der Waals surface area contributed by atoms with Crippen LogP contribution in [0.2, 0.25) is 0 Å². The van der Waals surface area contributed by atoms with Crippen LogP contribution in [0.15, 0.2) is 24.3 Å². The minimum Gasteiger partial charge on any atom is -0.265 e. The second-order valence-corrected chi connectivity index (χ2v) is 5.70. The van der Waals surface area contributed by atoms with Gasteiger partial charge in [-0.05, 0) is 37.0 Å². The van der Waals surface area contributed by atoms with E-state index >= 15 is 0 Å². The lowest BCUT2D eigenvalue weighted by Gasteiger charge is -2.11. The van der Waals surface area contributed by atoms with Crippen molar-refractivity contribution in [3.8, 4) is 0 Å². The van der Waals surface area contributed by atoms with Gasteiger partial charge in [0.05, 0.1) is 17.6 Å². The number of hydrogen-bond donors (Lipinski definition) is 0. The first-order chi connectivity index (χ1) is 10.1. The summed E-state index contributed by atoms with van der Waals surface area (Å²) in [6.45, 7) is 6.98. The van der Waals surface area contributed by atoms with Gasteiger partial charge in [-0.2, -0.15) is 5.10 Å². The van der Waals surface area contributed by atoms with Crippen molar-refractivity contribution >= 4 is 11.6 Å². The fourth-order valence-electron chi connectivity index (χ4n) is 2.66. The predicted octanol–water partition coefficient (Wildman–Crippen LogP) is 4.89. The van der Waals surface area contributed by atoms with Crippen LogP contribution in [0, 0.1) is 5.82 Å². The van der Waals surface area contributed by atoms with Gasteiger partial charge in [0.1, 0.15) is 5.82 Å². The van der Waals surface area contributed by atoms with Crippen LogP contribution in [0.5, 0.6) is 0 Å². The minimum atomic E-state index is -0.211. The molecule has 0 saturated heterocycles. The summed E-state index contributed by atoms with van der Waals surface area (Å²) in [4.78, 5) is 0. The lowest BCUT2D eigenvalue weighted by atomic mass is 10.0. The molecule has 0 aliphatic rings. The van der Waals surface area contributed by atoms with Crippen LogP contribution >= 0.6 is 11.6 Å². The highest BCUT2D eigenvalue weighted by Gasteiger charge is 2.20. The largest absolute Gasteiger partial charge is 0.265 e. The fraction of sp³-hybridized carbons (Fsp3) is 0.471. The molecule has 0 aliphatic heterocycles. The molecule has 0 bridgehead atoms. The van der Waals surface area contributed by atoms with E-state index in [2.05, 4.69) is 20.8 Å². The Morgan fingerprint density at radius 2 is 1.81 bits per heavy atom. The summed E-state index contributed by atoms with van der Waals surface area (Å²) in [6.07, 6.45) is 2.67. The first kappa shape index (κ1) is 16.0. The van der Waals surface area contributed by atoms with Crippen molar-refractivity contribution in [3.63, 3.8) is 0 Å². The molecule has 0 radical (unpaired) electrons. The van der Waals surface area contributed by atoms with E-state index in [0.717, 1.165) is 30.5 Å². The van der Waals surface area contributed by atoms with Crippen LogP contribution in [0.25, 0.3) is 0 Å². The first-order valence-electron chi connectivity index (χ1n) is 7.57. The Morgan fingerprint density at radius 1 is 1.14 bits per heavy atom. The van der Waals surface area contributed by atoms with Crippen LogP contribution in [-0.4, -0.2) is 9.78 Å². The zero-order valence-electron chi connectivity index (χ0n) is 12.9. The number of aryl methyl sites for hydroxylation is 1. The molecule has 21 heavy (non-hydrogen) atoms.